The molecule has 4 nitrogen and oxygen atoms in total. The topological polar surface area (TPSA) is 72.2 Å². The van der Waals surface area contributed by atoms with Crippen LogP contribution >= 0.6 is 11.3 Å². The molecule has 1 unspecified atom stereocenters. The highest BCUT2D eigenvalue weighted by Crippen LogP contribution is 2.17. The molecule has 0 amide bonds. The van der Waals surface area contributed by atoms with Gasteiger partial charge in [-0.3, -0.25) is 0 Å². The summed E-state index contributed by atoms with van der Waals surface area (Å²) in [7, 11) is -3.88. The van der Waals surface area contributed by atoms with Gasteiger partial charge in [0.05, 0.1) is 0 Å². The zero-order valence-corrected chi connectivity index (χ0v) is 13.2. The Morgan fingerprint density at radius 2 is 2.14 bits per heavy atom. The van der Waals surface area contributed by atoms with Gasteiger partial charge in [0.25, 0.3) is 0 Å². The predicted octanol–water partition coefficient (Wildman–Crippen LogP) is 2.26. The molecule has 1 atom stereocenters. The molecule has 21 heavy (non-hydrogen) atoms. The minimum Gasteiger partial charge on any atom is -0.326 e. The van der Waals surface area contributed by atoms with Crippen molar-refractivity contribution >= 4 is 21.4 Å². The van der Waals surface area contributed by atoms with E-state index in [1.54, 1.807) is 18.3 Å². The Kier molecular flexibility index (Phi) is 5.10. The number of rotatable bonds is 6. The van der Waals surface area contributed by atoms with Crippen LogP contribution in [0.3, 0.4) is 0 Å². The SMILES string of the molecule is CC(Cc1cccs1)NS(=O)(=O)c1ccc(CN)cc1F. The van der Waals surface area contributed by atoms with Crippen molar-refractivity contribution in [2.24, 2.45) is 5.73 Å². The van der Waals surface area contributed by atoms with E-state index in [1.807, 2.05) is 17.5 Å². The van der Waals surface area contributed by atoms with Crippen molar-refractivity contribution < 1.29 is 12.8 Å². The Morgan fingerprint density at radius 1 is 1.38 bits per heavy atom. The summed E-state index contributed by atoms with van der Waals surface area (Å²) in [6.07, 6.45) is 0.569. The maximum atomic E-state index is 13.9. The second kappa shape index (κ2) is 6.65. The monoisotopic (exact) mass is 328 g/mol. The van der Waals surface area contributed by atoms with Crippen LogP contribution in [-0.2, 0) is 23.0 Å². The molecule has 0 bridgehead atoms. The van der Waals surface area contributed by atoms with E-state index in [-0.39, 0.29) is 17.5 Å². The average molecular weight is 328 g/mol. The highest BCUT2D eigenvalue weighted by molar-refractivity contribution is 7.89. The molecular weight excluding hydrogens is 311 g/mol. The Bertz CT molecular complexity index is 700. The minimum atomic E-state index is -3.88. The summed E-state index contributed by atoms with van der Waals surface area (Å²) in [5.74, 6) is -0.784. The van der Waals surface area contributed by atoms with E-state index in [1.165, 1.54) is 12.1 Å². The summed E-state index contributed by atoms with van der Waals surface area (Å²) in [4.78, 5) is 0.724. The summed E-state index contributed by atoms with van der Waals surface area (Å²) >= 11 is 1.56. The van der Waals surface area contributed by atoms with E-state index in [0.717, 1.165) is 10.9 Å². The lowest BCUT2D eigenvalue weighted by atomic mass is 10.2. The zero-order chi connectivity index (χ0) is 15.5. The molecule has 1 heterocycles. The third-order valence-corrected chi connectivity index (χ3v) is 5.49. The van der Waals surface area contributed by atoms with E-state index >= 15 is 0 Å². The third-order valence-electron chi connectivity index (χ3n) is 2.97. The van der Waals surface area contributed by atoms with Gasteiger partial charge in [-0.25, -0.2) is 17.5 Å². The smallest absolute Gasteiger partial charge is 0.243 e. The number of nitrogens with two attached hydrogens (primary N) is 1. The first-order valence-electron chi connectivity index (χ1n) is 6.45. The lowest BCUT2D eigenvalue weighted by Gasteiger charge is -2.14. The molecule has 3 N–H and O–H groups in total. The number of halogens is 1. The van der Waals surface area contributed by atoms with Crippen LogP contribution in [0.25, 0.3) is 0 Å². The molecule has 0 aliphatic rings. The number of sulfonamides is 1. The fraction of sp³-hybridized carbons (Fsp3) is 0.286. The fourth-order valence-electron chi connectivity index (χ4n) is 1.99. The van der Waals surface area contributed by atoms with Crippen molar-refractivity contribution in [1.82, 2.24) is 4.72 Å². The van der Waals surface area contributed by atoms with E-state index in [9.17, 15) is 12.8 Å². The maximum Gasteiger partial charge on any atom is 0.243 e. The molecule has 0 radical (unpaired) electrons. The van der Waals surface area contributed by atoms with Crippen LogP contribution in [0.2, 0.25) is 0 Å². The lowest BCUT2D eigenvalue weighted by molar-refractivity contribution is 0.542. The van der Waals surface area contributed by atoms with Gasteiger partial charge in [-0.05, 0) is 42.5 Å². The van der Waals surface area contributed by atoms with Gasteiger partial charge in [0, 0.05) is 17.5 Å². The number of thiophene rings is 1. The first kappa shape index (κ1) is 16.1. The molecule has 0 aliphatic heterocycles. The highest BCUT2D eigenvalue weighted by Gasteiger charge is 2.21. The van der Waals surface area contributed by atoms with Crippen molar-refractivity contribution in [3.63, 3.8) is 0 Å². The number of benzene rings is 1. The Labute approximate surface area is 127 Å². The molecule has 0 aliphatic carbocycles. The van der Waals surface area contributed by atoms with Crippen LogP contribution in [0.4, 0.5) is 4.39 Å². The number of hydrogen-bond donors (Lipinski definition) is 2. The van der Waals surface area contributed by atoms with E-state index in [0.29, 0.717) is 12.0 Å². The quantitative estimate of drug-likeness (QED) is 0.854. The Balaban J connectivity index is 2.14. The van der Waals surface area contributed by atoms with E-state index in [4.69, 9.17) is 5.73 Å². The summed E-state index contributed by atoms with van der Waals surface area (Å²) in [6, 6.07) is 7.44. The first-order chi connectivity index (χ1) is 9.92. The zero-order valence-electron chi connectivity index (χ0n) is 11.5. The van der Waals surface area contributed by atoms with Gasteiger partial charge < -0.3 is 5.73 Å². The van der Waals surface area contributed by atoms with Gasteiger partial charge in [0.2, 0.25) is 10.0 Å². The van der Waals surface area contributed by atoms with Crippen molar-refractivity contribution in [1.29, 1.82) is 0 Å². The summed E-state index contributed by atoms with van der Waals surface area (Å²) in [5, 5.41) is 1.93. The molecule has 0 saturated carbocycles. The number of hydrogen-bond acceptors (Lipinski definition) is 4. The van der Waals surface area contributed by atoms with Gasteiger partial charge in [0.1, 0.15) is 10.7 Å². The molecular formula is C14H17FN2O2S2. The first-order valence-corrected chi connectivity index (χ1v) is 8.82. The van der Waals surface area contributed by atoms with E-state index in [2.05, 4.69) is 4.72 Å². The van der Waals surface area contributed by atoms with Gasteiger partial charge in [-0.15, -0.1) is 11.3 Å². The second-order valence-corrected chi connectivity index (χ2v) is 7.49. The normalized spacial score (nSPS) is 13.3. The van der Waals surface area contributed by atoms with Crippen LogP contribution in [0.1, 0.15) is 17.4 Å². The van der Waals surface area contributed by atoms with Crippen molar-refractivity contribution in [2.75, 3.05) is 0 Å². The van der Waals surface area contributed by atoms with Crippen molar-refractivity contribution in [2.45, 2.75) is 30.8 Å². The Morgan fingerprint density at radius 3 is 2.71 bits per heavy atom. The van der Waals surface area contributed by atoms with Crippen molar-refractivity contribution in [3.05, 3.63) is 52.0 Å². The maximum absolute atomic E-state index is 13.9. The molecule has 0 spiro atoms. The van der Waals surface area contributed by atoms with Crippen LogP contribution in [-0.4, -0.2) is 14.5 Å². The van der Waals surface area contributed by atoms with Gasteiger partial charge in [-0.2, -0.15) is 0 Å². The predicted molar refractivity (Wildman–Crippen MR) is 82.1 cm³/mol. The van der Waals surface area contributed by atoms with Crippen LogP contribution < -0.4 is 10.5 Å². The van der Waals surface area contributed by atoms with Gasteiger partial charge >= 0.3 is 0 Å². The van der Waals surface area contributed by atoms with Crippen molar-refractivity contribution in [3.8, 4) is 0 Å². The summed E-state index contributed by atoms with van der Waals surface area (Å²) in [5.41, 5.74) is 5.96. The summed E-state index contributed by atoms with van der Waals surface area (Å²) in [6.45, 7) is 1.92. The van der Waals surface area contributed by atoms with Crippen LogP contribution in [0.15, 0.2) is 40.6 Å². The fourth-order valence-corrected chi connectivity index (χ4v) is 4.13. The van der Waals surface area contributed by atoms with Gasteiger partial charge in [-0.1, -0.05) is 12.1 Å². The average Bonchev–Trinajstić information content (AvgIpc) is 2.90. The van der Waals surface area contributed by atoms with Gasteiger partial charge in [0.15, 0.2) is 0 Å². The standard InChI is InChI=1S/C14H17FN2O2S2/c1-10(7-12-3-2-6-20-12)17-21(18,19)14-5-4-11(9-16)8-13(14)15/h2-6,8,10,17H,7,9,16H2,1H3. The molecule has 114 valence electrons. The lowest BCUT2D eigenvalue weighted by Crippen LogP contribution is -2.34. The third kappa shape index (κ3) is 4.10. The molecule has 1 aromatic carbocycles. The van der Waals surface area contributed by atoms with Crippen LogP contribution in [0, 0.1) is 5.82 Å². The number of nitrogens with one attached hydrogen (secondary N) is 1. The van der Waals surface area contributed by atoms with Crippen LogP contribution in [0.5, 0.6) is 0 Å². The van der Waals surface area contributed by atoms with E-state index < -0.39 is 15.8 Å². The largest absolute Gasteiger partial charge is 0.326 e. The molecule has 0 fully saturated rings. The highest BCUT2D eigenvalue weighted by atomic mass is 32.2. The molecule has 2 rings (SSSR count). The molecule has 0 saturated heterocycles. The molecule has 2 aromatic rings. The molecule has 7 heteroatoms. The Hall–Kier alpha value is -1.28. The second-order valence-electron chi connectivity index (χ2n) is 4.77. The molecule has 1 aromatic heterocycles. The minimum absolute atomic E-state index is 0.166. The summed E-state index contributed by atoms with van der Waals surface area (Å²) < 4.78 is 40.8.